The van der Waals surface area contributed by atoms with E-state index in [1.54, 1.807) is 30.3 Å². The van der Waals surface area contributed by atoms with E-state index in [2.05, 4.69) is 33.4 Å². The van der Waals surface area contributed by atoms with E-state index in [4.69, 9.17) is 0 Å². The quantitative estimate of drug-likeness (QED) is 0.216. The van der Waals surface area contributed by atoms with Crippen LogP contribution in [0, 0.1) is 0 Å². The molecule has 41 heavy (non-hydrogen) atoms. The Hall–Kier alpha value is -5.42. The summed E-state index contributed by atoms with van der Waals surface area (Å²) >= 11 is 0. The van der Waals surface area contributed by atoms with Crippen molar-refractivity contribution in [2.75, 3.05) is 0 Å². The van der Waals surface area contributed by atoms with Crippen molar-refractivity contribution < 1.29 is 9.59 Å². The van der Waals surface area contributed by atoms with Gasteiger partial charge < -0.3 is 15.2 Å². The molecule has 0 bridgehead atoms. The minimum atomic E-state index is -0.400. The molecule has 1 heterocycles. The van der Waals surface area contributed by atoms with Crippen LogP contribution in [0.3, 0.4) is 0 Å². The molecule has 200 valence electrons. The predicted molar refractivity (Wildman–Crippen MR) is 165 cm³/mol. The zero-order chi connectivity index (χ0) is 28.2. The number of aryl methyl sites for hydroxylation is 1. The Kier molecular flexibility index (Phi) is 7.16. The number of hydrogen-bond acceptors (Lipinski definition) is 2. The second kappa shape index (κ2) is 11.4. The van der Waals surface area contributed by atoms with Gasteiger partial charge in [-0.1, -0.05) is 103 Å². The first-order valence-corrected chi connectivity index (χ1v) is 13.5. The number of rotatable bonds is 7. The zero-order valence-electron chi connectivity index (χ0n) is 22.6. The van der Waals surface area contributed by atoms with Crippen LogP contribution in [0.1, 0.15) is 33.1 Å². The van der Waals surface area contributed by atoms with E-state index in [-0.39, 0.29) is 17.5 Å². The van der Waals surface area contributed by atoms with E-state index in [1.807, 2.05) is 98.0 Å². The molecule has 0 saturated carbocycles. The molecular weight excluding hydrogens is 506 g/mol. The number of aromatic nitrogens is 1. The van der Waals surface area contributed by atoms with Gasteiger partial charge >= 0.3 is 0 Å². The van der Waals surface area contributed by atoms with Gasteiger partial charge in [-0.3, -0.25) is 9.59 Å². The van der Waals surface area contributed by atoms with Gasteiger partial charge in [-0.25, -0.2) is 0 Å². The summed E-state index contributed by atoms with van der Waals surface area (Å²) < 4.78 is 2.16. The van der Waals surface area contributed by atoms with Crippen LogP contribution in [0.25, 0.3) is 27.9 Å². The van der Waals surface area contributed by atoms with Crippen LogP contribution < -0.4 is 10.6 Å². The fraction of sp³-hybridized carbons (Fsp3) is 0.0556. The molecule has 5 aromatic carbocycles. The lowest BCUT2D eigenvalue weighted by molar-refractivity contribution is -0.118. The maximum Gasteiger partial charge on any atom is 0.268 e. The van der Waals surface area contributed by atoms with Crippen molar-refractivity contribution in [3.63, 3.8) is 0 Å². The van der Waals surface area contributed by atoms with Gasteiger partial charge in [-0.05, 0) is 53.1 Å². The molecule has 0 aliphatic rings. The summed E-state index contributed by atoms with van der Waals surface area (Å²) in [6, 6.07) is 42.4. The van der Waals surface area contributed by atoms with Crippen molar-refractivity contribution in [2.24, 2.45) is 7.05 Å². The van der Waals surface area contributed by atoms with E-state index in [0.717, 1.165) is 38.5 Å². The molecule has 0 radical (unpaired) electrons. The second-order valence-electron chi connectivity index (χ2n) is 9.96. The molecule has 0 spiro atoms. The maximum absolute atomic E-state index is 14.0. The lowest BCUT2D eigenvalue weighted by Crippen LogP contribution is -2.37. The zero-order valence-corrected chi connectivity index (χ0v) is 22.6. The Labute approximate surface area is 238 Å². The topological polar surface area (TPSA) is 63.1 Å². The van der Waals surface area contributed by atoms with Gasteiger partial charge in [-0.2, -0.15) is 0 Å². The molecule has 0 saturated heterocycles. The number of para-hydroxylation sites is 1. The monoisotopic (exact) mass is 535 g/mol. The van der Waals surface area contributed by atoms with Crippen molar-refractivity contribution in [3.8, 4) is 0 Å². The fourth-order valence-electron chi connectivity index (χ4n) is 5.24. The van der Waals surface area contributed by atoms with Crippen LogP contribution in [-0.2, 0) is 11.8 Å². The van der Waals surface area contributed by atoms with Crippen LogP contribution in [0.5, 0.6) is 0 Å². The van der Waals surface area contributed by atoms with Gasteiger partial charge in [0.2, 0.25) is 0 Å². The van der Waals surface area contributed by atoms with Crippen LogP contribution in [0.15, 0.2) is 139 Å². The van der Waals surface area contributed by atoms with Crippen LogP contribution in [0.2, 0.25) is 0 Å². The number of nitrogens with one attached hydrogen (secondary N) is 2. The van der Waals surface area contributed by atoms with Gasteiger partial charge in [0.1, 0.15) is 5.70 Å². The minimum Gasteiger partial charge on any atom is -0.344 e. The van der Waals surface area contributed by atoms with Crippen LogP contribution in [0.4, 0.5) is 0 Å². The molecule has 0 fully saturated rings. The van der Waals surface area contributed by atoms with Crippen molar-refractivity contribution in [1.82, 2.24) is 15.2 Å². The summed E-state index contributed by atoms with van der Waals surface area (Å²) in [5.74, 6) is -0.737. The third-order valence-electron chi connectivity index (χ3n) is 7.32. The Balaban J connectivity index is 1.41. The number of amides is 2. The lowest BCUT2D eigenvalue weighted by atomic mass is 9.98. The first-order chi connectivity index (χ1) is 20.1. The average molecular weight is 536 g/mol. The lowest BCUT2D eigenvalue weighted by Gasteiger charge is -2.21. The SMILES string of the molecule is Cn1c2ccccc2c2cc(/C=C(/NC(=O)c3ccccc3)C(=O)NC(c3ccccc3)c3ccccc3)ccc21. The number of carbonyl (C=O) groups excluding carboxylic acids is 2. The highest BCUT2D eigenvalue weighted by atomic mass is 16.2. The first-order valence-electron chi connectivity index (χ1n) is 13.5. The van der Waals surface area contributed by atoms with Crippen LogP contribution >= 0.6 is 0 Å². The number of fused-ring (bicyclic) bond motifs is 3. The van der Waals surface area contributed by atoms with E-state index >= 15 is 0 Å². The van der Waals surface area contributed by atoms with Crippen molar-refractivity contribution in [3.05, 3.63) is 161 Å². The van der Waals surface area contributed by atoms with Crippen molar-refractivity contribution in [2.45, 2.75) is 6.04 Å². The molecule has 2 amide bonds. The number of benzene rings is 5. The minimum absolute atomic E-state index is 0.162. The Morgan fingerprint density at radius 3 is 1.88 bits per heavy atom. The smallest absolute Gasteiger partial charge is 0.268 e. The van der Waals surface area contributed by atoms with E-state index < -0.39 is 6.04 Å². The van der Waals surface area contributed by atoms with E-state index in [1.165, 1.54) is 0 Å². The summed E-state index contributed by atoms with van der Waals surface area (Å²) in [6.07, 6.45) is 1.74. The largest absolute Gasteiger partial charge is 0.344 e. The number of hydrogen-bond donors (Lipinski definition) is 2. The standard InChI is InChI=1S/C36H29N3O2/c1-39-32-20-12-11-19-29(32)30-23-25(21-22-33(30)39)24-31(37-35(40)28-17-9-4-10-18-28)36(41)38-34(26-13-5-2-6-14-26)27-15-7-3-8-16-27/h2-24,34H,1H3,(H,37,40)(H,38,41)/b31-24+. The summed E-state index contributed by atoms with van der Waals surface area (Å²) in [5, 5.41) is 8.27. The summed E-state index contributed by atoms with van der Waals surface area (Å²) in [4.78, 5) is 27.2. The number of nitrogens with zero attached hydrogens (tertiary/aromatic N) is 1. The second-order valence-corrected chi connectivity index (χ2v) is 9.96. The summed E-state index contributed by atoms with van der Waals surface area (Å²) in [6.45, 7) is 0. The molecule has 2 N–H and O–H groups in total. The average Bonchev–Trinajstić information content (AvgIpc) is 3.31. The Morgan fingerprint density at radius 2 is 1.22 bits per heavy atom. The Morgan fingerprint density at radius 1 is 0.659 bits per heavy atom. The summed E-state index contributed by atoms with van der Waals surface area (Å²) in [5.41, 5.74) is 5.55. The van der Waals surface area contributed by atoms with Crippen molar-refractivity contribution in [1.29, 1.82) is 0 Å². The van der Waals surface area contributed by atoms with E-state index in [9.17, 15) is 9.59 Å². The van der Waals surface area contributed by atoms with Gasteiger partial charge in [0, 0.05) is 34.4 Å². The van der Waals surface area contributed by atoms with Gasteiger partial charge in [0.05, 0.1) is 6.04 Å². The fourth-order valence-corrected chi connectivity index (χ4v) is 5.24. The molecule has 0 aliphatic heterocycles. The molecule has 5 heteroatoms. The molecule has 5 nitrogen and oxygen atoms in total. The highest BCUT2D eigenvalue weighted by molar-refractivity contribution is 6.09. The third kappa shape index (κ3) is 5.38. The van der Waals surface area contributed by atoms with Crippen LogP contribution in [-0.4, -0.2) is 16.4 Å². The van der Waals surface area contributed by atoms with Gasteiger partial charge in [-0.15, -0.1) is 0 Å². The van der Waals surface area contributed by atoms with Crippen molar-refractivity contribution >= 4 is 39.7 Å². The van der Waals surface area contributed by atoms with Gasteiger partial charge in [0.15, 0.2) is 0 Å². The molecule has 0 unspecified atom stereocenters. The molecule has 6 aromatic rings. The normalized spacial score (nSPS) is 11.6. The molecule has 0 atom stereocenters. The highest BCUT2D eigenvalue weighted by Gasteiger charge is 2.21. The first kappa shape index (κ1) is 25.8. The highest BCUT2D eigenvalue weighted by Crippen LogP contribution is 2.29. The predicted octanol–water partition coefficient (Wildman–Crippen LogP) is 7.01. The van der Waals surface area contributed by atoms with Gasteiger partial charge in [0.25, 0.3) is 11.8 Å². The summed E-state index contributed by atoms with van der Waals surface area (Å²) in [7, 11) is 2.05. The van der Waals surface area contributed by atoms with E-state index in [0.29, 0.717) is 5.56 Å². The molecule has 1 aromatic heterocycles. The molecule has 0 aliphatic carbocycles. The third-order valence-corrected chi connectivity index (χ3v) is 7.32. The molecule has 6 rings (SSSR count). The maximum atomic E-state index is 14.0. The molecular formula is C36H29N3O2. The Bertz CT molecular complexity index is 1830. The number of carbonyl (C=O) groups is 2.